The van der Waals surface area contributed by atoms with Crippen LogP contribution in [0.2, 0.25) is 5.02 Å². The third-order valence-corrected chi connectivity index (χ3v) is 3.74. The van der Waals surface area contributed by atoms with Crippen molar-refractivity contribution in [1.29, 1.82) is 0 Å². The topological polar surface area (TPSA) is 92.4 Å². The molecule has 1 aromatic rings. The second-order valence-electron chi connectivity index (χ2n) is 4.78. The second kappa shape index (κ2) is 5.19. The van der Waals surface area contributed by atoms with Gasteiger partial charge in [0.1, 0.15) is 5.56 Å². The highest BCUT2D eigenvalue weighted by Gasteiger charge is 2.37. The van der Waals surface area contributed by atoms with Crippen LogP contribution in [0.1, 0.15) is 36.0 Å². The van der Waals surface area contributed by atoms with Crippen molar-refractivity contribution in [1.82, 2.24) is 0 Å². The number of halogens is 1. The number of amides is 1. The second-order valence-corrected chi connectivity index (χ2v) is 5.19. The normalized spacial score (nSPS) is 17.2. The molecule has 0 bridgehead atoms. The van der Waals surface area contributed by atoms with E-state index in [1.165, 1.54) is 12.1 Å². The molecule has 0 heterocycles. The maximum absolute atomic E-state index is 12.2. The summed E-state index contributed by atoms with van der Waals surface area (Å²) in [5.74, 6) is -1.53. The number of carboxylic acids is 1. The van der Waals surface area contributed by atoms with E-state index >= 15 is 0 Å². The van der Waals surface area contributed by atoms with Crippen molar-refractivity contribution in [2.75, 3.05) is 5.32 Å². The summed E-state index contributed by atoms with van der Waals surface area (Å²) in [5.41, 5.74) is 5.19. The number of nitrogens with two attached hydrogens (primary N) is 1. The Morgan fingerprint density at radius 1 is 1.32 bits per heavy atom. The molecular weight excluding hydrogens is 268 g/mol. The Labute approximate surface area is 115 Å². The number of anilines is 1. The van der Waals surface area contributed by atoms with E-state index in [1.54, 1.807) is 6.07 Å². The number of carbonyl (C=O) groups is 2. The first-order valence-electron chi connectivity index (χ1n) is 6.06. The summed E-state index contributed by atoms with van der Waals surface area (Å²) in [6.07, 6.45) is 3.04. The lowest BCUT2D eigenvalue weighted by atomic mass is 9.97. The monoisotopic (exact) mass is 282 g/mol. The third-order valence-electron chi connectivity index (χ3n) is 3.42. The number of rotatable bonds is 3. The first-order valence-corrected chi connectivity index (χ1v) is 6.44. The van der Waals surface area contributed by atoms with E-state index in [0.29, 0.717) is 12.8 Å². The minimum absolute atomic E-state index is 0.0859. The van der Waals surface area contributed by atoms with Crippen molar-refractivity contribution >= 4 is 29.2 Å². The van der Waals surface area contributed by atoms with Crippen molar-refractivity contribution < 1.29 is 14.7 Å². The zero-order valence-electron chi connectivity index (χ0n) is 10.3. The molecular formula is C13H15ClN2O3. The minimum Gasteiger partial charge on any atom is -0.478 e. The van der Waals surface area contributed by atoms with E-state index in [-0.39, 0.29) is 22.2 Å². The molecule has 1 amide bonds. The number of aromatic carboxylic acids is 1. The molecule has 0 atom stereocenters. The van der Waals surface area contributed by atoms with Crippen LogP contribution in [-0.2, 0) is 4.79 Å². The molecule has 4 N–H and O–H groups in total. The first-order chi connectivity index (χ1) is 8.94. The summed E-state index contributed by atoms with van der Waals surface area (Å²) in [5, 5.41) is 11.8. The van der Waals surface area contributed by atoms with Gasteiger partial charge in [0.15, 0.2) is 0 Å². The van der Waals surface area contributed by atoms with Gasteiger partial charge in [-0.25, -0.2) is 4.79 Å². The van der Waals surface area contributed by atoms with Gasteiger partial charge < -0.3 is 16.2 Å². The fourth-order valence-corrected chi connectivity index (χ4v) is 2.58. The van der Waals surface area contributed by atoms with Gasteiger partial charge in [0, 0.05) is 0 Å². The molecule has 1 aliphatic carbocycles. The van der Waals surface area contributed by atoms with E-state index < -0.39 is 11.5 Å². The summed E-state index contributed by atoms with van der Waals surface area (Å²) in [6, 6.07) is 4.56. The van der Waals surface area contributed by atoms with Crippen LogP contribution in [0.15, 0.2) is 18.2 Å². The molecule has 0 radical (unpaired) electrons. The van der Waals surface area contributed by atoms with Gasteiger partial charge in [0.05, 0.1) is 16.2 Å². The standard InChI is InChI=1S/C13H15ClN2O3/c14-8-4-3-5-9(10(8)11(17)18)16-12(19)13(15)6-1-2-7-13/h3-5H,1-2,6-7,15H2,(H,16,19)(H,17,18). The Kier molecular flexibility index (Phi) is 3.78. The van der Waals surface area contributed by atoms with E-state index in [4.69, 9.17) is 22.4 Å². The molecule has 6 heteroatoms. The molecule has 0 spiro atoms. The molecule has 0 aliphatic heterocycles. The number of hydrogen-bond acceptors (Lipinski definition) is 3. The van der Waals surface area contributed by atoms with E-state index in [9.17, 15) is 9.59 Å². The van der Waals surface area contributed by atoms with Crippen LogP contribution >= 0.6 is 11.6 Å². The number of carbonyl (C=O) groups excluding carboxylic acids is 1. The molecule has 0 unspecified atom stereocenters. The minimum atomic E-state index is -1.18. The Bertz CT molecular complexity index is 525. The van der Waals surface area contributed by atoms with Crippen molar-refractivity contribution in [3.63, 3.8) is 0 Å². The summed E-state index contributed by atoms with van der Waals surface area (Å²) in [7, 11) is 0. The SMILES string of the molecule is NC1(C(=O)Nc2cccc(Cl)c2C(=O)O)CCCC1. The van der Waals surface area contributed by atoms with E-state index in [2.05, 4.69) is 5.32 Å². The lowest BCUT2D eigenvalue weighted by molar-refractivity contribution is -0.121. The Balaban J connectivity index is 2.26. The highest BCUT2D eigenvalue weighted by atomic mass is 35.5. The van der Waals surface area contributed by atoms with Gasteiger partial charge in [-0.15, -0.1) is 0 Å². The molecule has 1 aromatic carbocycles. The lowest BCUT2D eigenvalue weighted by Gasteiger charge is -2.22. The Morgan fingerprint density at radius 2 is 1.95 bits per heavy atom. The molecule has 19 heavy (non-hydrogen) atoms. The van der Waals surface area contributed by atoms with Gasteiger partial charge in [-0.2, -0.15) is 0 Å². The van der Waals surface area contributed by atoms with Crippen molar-refractivity contribution in [2.24, 2.45) is 5.73 Å². The molecule has 0 aromatic heterocycles. The van der Waals surface area contributed by atoms with Crippen molar-refractivity contribution in [2.45, 2.75) is 31.2 Å². The van der Waals surface area contributed by atoms with Crippen molar-refractivity contribution in [3.8, 4) is 0 Å². The molecule has 1 fully saturated rings. The smallest absolute Gasteiger partial charge is 0.339 e. The summed E-state index contributed by atoms with van der Waals surface area (Å²) >= 11 is 5.84. The van der Waals surface area contributed by atoms with Gasteiger partial charge in [-0.1, -0.05) is 30.5 Å². The van der Waals surface area contributed by atoms with E-state index in [0.717, 1.165) is 12.8 Å². The largest absolute Gasteiger partial charge is 0.478 e. The van der Waals surface area contributed by atoms with Gasteiger partial charge in [-0.3, -0.25) is 4.79 Å². The number of nitrogens with one attached hydrogen (secondary N) is 1. The highest BCUT2D eigenvalue weighted by Crippen LogP contribution is 2.30. The summed E-state index contributed by atoms with van der Waals surface area (Å²) in [6.45, 7) is 0. The molecule has 1 aliphatic rings. The summed E-state index contributed by atoms with van der Waals surface area (Å²) in [4.78, 5) is 23.3. The average molecular weight is 283 g/mol. The van der Waals surface area contributed by atoms with Gasteiger partial charge in [0.2, 0.25) is 5.91 Å². The molecule has 5 nitrogen and oxygen atoms in total. The molecule has 0 saturated heterocycles. The van der Waals surface area contributed by atoms with E-state index in [1.807, 2.05) is 0 Å². The fraction of sp³-hybridized carbons (Fsp3) is 0.385. The van der Waals surface area contributed by atoms with Crippen LogP contribution in [0.25, 0.3) is 0 Å². The first kappa shape index (κ1) is 13.8. The quantitative estimate of drug-likeness (QED) is 0.793. The van der Waals surface area contributed by atoms with Gasteiger partial charge in [-0.05, 0) is 25.0 Å². The lowest BCUT2D eigenvalue weighted by Crippen LogP contribution is -2.48. The third kappa shape index (κ3) is 2.72. The van der Waals surface area contributed by atoms with Crippen LogP contribution in [0.3, 0.4) is 0 Å². The maximum atomic E-state index is 12.2. The Morgan fingerprint density at radius 3 is 2.53 bits per heavy atom. The zero-order chi connectivity index (χ0) is 14.0. The maximum Gasteiger partial charge on any atom is 0.339 e. The van der Waals surface area contributed by atoms with Crippen LogP contribution in [-0.4, -0.2) is 22.5 Å². The highest BCUT2D eigenvalue weighted by molar-refractivity contribution is 6.34. The van der Waals surface area contributed by atoms with Crippen LogP contribution in [0, 0.1) is 0 Å². The van der Waals surface area contributed by atoms with Crippen LogP contribution in [0.5, 0.6) is 0 Å². The van der Waals surface area contributed by atoms with Gasteiger partial charge in [0.25, 0.3) is 0 Å². The predicted octanol–water partition coefficient (Wildman–Crippen LogP) is 2.25. The average Bonchev–Trinajstić information content (AvgIpc) is 2.77. The number of hydrogen-bond donors (Lipinski definition) is 3. The van der Waals surface area contributed by atoms with Gasteiger partial charge >= 0.3 is 5.97 Å². The molecule has 102 valence electrons. The zero-order valence-corrected chi connectivity index (χ0v) is 11.0. The number of carboxylic acid groups (broad SMARTS) is 1. The molecule has 2 rings (SSSR count). The van der Waals surface area contributed by atoms with Crippen LogP contribution in [0.4, 0.5) is 5.69 Å². The predicted molar refractivity (Wildman–Crippen MR) is 72.4 cm³/mol. The number of benzene rings is 1. The van der Waals surface area contributed by atoms with Crippen LogP contribution < -0.4 is 11.1 Å². The Hall–Kier alpha value is -1.59. The fourth-order valence-electron chi connectivity index (χ4n) is 2.33. The van der Waals surface area contributed by atoms with Crippen molar-refractivity contribution in [3.05, 3.63) is 28.8 Å². The summed E-state index contributed by atoms with van der Waals surface area (Å²) < 4.78 is 0. The molecule has 1 saturated carbocycles.